The van der Waals surface area contributed by atoms with Crippen molar-refractivity contribution in [3.63, 3.8) is 0 Å². The summed E-state index contributed by atoms with van der Waals surface area (Å²) < 4.78 is 30.9. The number of benzene rings is 3. The Morgan fingerprint density at radius 3 is 2.32 bits per heavy atom. The first-order valence-corrected chi connectivity index (χ1v) is 13.8. The van der Waals surface area contributed by atoms with Crippen LogP contribution in [0.2, 0.25) is 0 Å². The molecule has 0 saturated carbocycles. The molecule has 3 aromatic carbocycles. The van der Waals surface area contributed by atoms with Crippen LogP contribution in [0, 0.1) is 13.8 Å². The zero-order chi connectivity index (χ0) is 26.4. The summed E-state index contributed by atoms with van der Waals surface area (Å²) in [4.78, 5) is 12.9. The molecular weight excluding hydrogens is 552 g/mol. The molecule has 0 bridgehead atoms. The molecule has 1 N–H and O–H groups in total. The van der Waals surface area contributed by atoms with Crippen LogP contribution in [0.4, 0.5) is 0 Å². The molecule has 190 valence electrons. The lowest BCUT2D eigenvalue weighted by Gasteiger charge is -2.21. The van der Waals surface area contributed by atoms with Gasteiger partial charge < -0.3 is 4.57 Å². The second kappa shape index (κ2) is 11.7. The Labute approximate surface area is 225 Å². The van der Waals surface area contributed by atoms with Crippen LogP contribution in [0.5, 0.6) is 0 Å². The van der Waals surface area contributed by atoms with Crippen molar-refractivity contribution in [3.8, 4) is 5.69 Å². The lowest BCUT2D eigenvalue weighted by atomic mass is 10.2. The van der Waals surface area contributed by atoms with E-state index in [-0.39, 0.29) is 18.0 Å². The molecule has 1 heterocycles. The molecule has 0 atom stereocenters. The molecule has 0 aliphatic carbocycles. The van der Waals surface area contributed by atoms with E-state index < -0.39 is 15.9 Å². The number of carbonyl (C=O) groups excluding carboxylic acids is 1. The molecule has 0 radical (unpaired) electrons. The van der Waals surface area contributed by atoms with E-state index in [0.717, 1.165) is 37.0 Å². The Bertz CT molecular complexity index is 1520. The van der Waals surface area contributed by atoms with Gasteiger partial charge in [0.15, 0.2) is 0 Å². The predicted molar refractivity (Wildman–Crippen MR) is 149 cm³/mol. The number of rotatable bonds is 9. The fourth-order valence-corrected chi connectivity index (χ4v) is 5.85. The minimum Gasteiger partial charge on any atom is -0.318 e. The van der Waals surface area contributed by atoms with Gasteiger partial charge in [0.1, 0.15) is 0 Å². The van der Waals surface area contributed by atoms with Crippen LogP contribution in [0.3, 0.4) is 0 Å². The lowest BCUT2D eigenvalue weighted by Crippen LogP contribution is -2.39. The summed E-state index contributed by atoms with van der Waals surface area (Å²) in [6.45, 7) is 3.66. The minimum atomic E-state index is -3.90. The zero-order valence-electron chi connectivity index (χ0n) is 20.5. The normalized spacial score (nSPS) is 11.8. The van der Waals surface area contributed by atoms with Gasteiger partial charge in [0.2, 0.25) is 10.0 Å². The van der Waals surface area contributed by atoms with Gasteiger partial charge in [-0.05, 0) is 55.8 Å². The third-order valence-electron chi connectivity index (χ3n) is 5.83. The summed E-state index contributed by atoms with van der Waals surface area (Å²) in [5.74, 6) is -0.535. The van der Waals surface area contributed by atoms with Crippen LogP contribution in [0.25, 0.3) is 5.69 Å². The van der Waals surface area contributed by atoms with Gasteiger partial charge in [0.05, 0.1) is 17.7 Å². The van der Waals surface area contributed by atoms with Gasteiger partial charge in [-0.1, -0.05) is 70.5 Å². The quantitative estimate of drug-likeness (QED) is 0.219. The second-order valence-corrected chi connectivity index (χ2v) is 11.4. The number of hydrogen-bond donors (Lipinski definition) is 1. The van der Waals surface area contributed by atoms with E-state index in [1.807, 2.05) is 74.5 Å². The van der Waals surface area contributed by atoms with Gasteiger partial charge in [-0.2, -0.15) is 9.41 Å². The van der Waals surface area contributed by atoms with Crippen molar-refractivity contribution in [2.45, 2.75) is 25.3 Å². The molecule has 0 saturated heterocycles. The number of nitrogens with one attached hydrogen (secondary N) is 1. The van der Waals surface area contributed by atoms with E-state index in [9.17, 15) is 13.2 Å². The third-order valence-corrected chi connectivity index (χ3v) is 8.13. The van der Waals surface area contributed by atoms with Gasteiger partial charge >= 0.3 is 0 Å². The van der Waals surface area contributed by atoms with Crippen LogP contribution in [-0.2, 0) is 21.4 Å². The molecule has 1 aromatic heterocycles. The maximum Gasteiger partial charge on any atom is 0.255 e. The molecule has 1 amide bonds. The van der Waals surface area contributed by atoms with Crippen LogP contribution in [0.15, 0.2) is 105 Å². The van der Waals surface area contributed by atoms with E-state index in [1.165, 1.54) is 12.1 Å². The van der Waals surface area contributed by atoms with Crippen molar-refractivity contribution >= 4 is 38.1 Å². The highest BCUT2D eigenvalue weighted by molar-refractivity contribution is 9.10. The maximum absolute atomic E-state index is 13.3. The molecule has 37 heavy (non-hydrogen) atoms. The Kier molecular flexibility index (Phi) is 8.38. The van der Waals surface area contributed by atoms with E-state index >= 15 is 0 Å². The van der Waals surface area contributed by atoms with Crippen LogP contribution in [0.1, 0.15) is 22.5 Å². The average Bonchev–Trinajstić information content (AvgIpc) is 3.17. The Balaban J connectivity index is 1.50. The molecular formula is C28H27BrN4O3S. The third kappa shape index (κ3) is 6.43. The molecule has 0 aliphatic rings. The van der Waals surface area contributed by atoms with Gasteiger partial charge in [0, 0.05) is 33.7 Å². The Morgan fingerprint density at radius 2 is 1.65 bits per heavy atom. The van der Waals surface area contributed by atoms with Crippen LogP contribution >= 0.6 is 15.9 Å². The van der Waals surface area contributed by atoms with Gasteiger partial charge in [0.25, 0.3) is 5.91 Å². The van der Waals surface area contributed by atoms with Gasteiger partial charge in [-0.25, -0.2) is 13.8 Å². The molecule has 0 fully saturated rings. The summed E-state index contributed by atoms with van der Waals surface area (Å²) in [6.07, 6.45) is 1.57. The number of carbonyl (C=O) groups is 1. The van der Waals surface area contributed by atoms with E-state index in [1.54, 1.807) is 24.4 Å². The first-order valence-electron chi connectivity index (χ1n) is 11.6. The Hall–Kier alpha value is -3.53. The fourth-order valence-electron chi connectivity index (χ4n) is 4.05. The highest BCUT2D eigenvalue weighted by atomic mass is 79.9. The second-order valence-electron chi connectivity index (χ2n) is 8.51. The summed E-state index contributed by atoms with van der Waals surface area (Å²) in [5, 5.41) is 4.11. The zero-order valence-corrected chi connectivity index (χ0v) is 22.9. The van der Waals surface area contributed by atoms with Crippen molar-refractivity contribution in [1.29, 1.82) is 0 Å². The highest BCUT2D eigenvalue weighted by Gasteiger charge is 2.26. The van der Waals surface area contributed by atoms with Gasteiger partial charge in [-0.3, -0.25) is 4.79 Å². The van der Waals surface area contributed by atoms with Crippen molar-refractivity contribution in [3.05, 3.63) is 118 Å². The van der Waals surface area contributed by atoms with Crippen molar-refractivity contribution in [1.82, 2.24) is 14.3 Å². The highest BCUT2D eigenvalue weighted by Crippen LogP contribution is 2.22. The first kappa shape index (κ1) is 26.5. The summed E-state index contributed by atoms with van der Waals surface area (Å²) >= 11 is 3.51. The van der Waals surface area contributed by atoms with E-state index in [4.69, 9.17) is 0 Å². The van der Waals surface area contributed by atoms with Crippen molar-refractivity contribution < 1.29 is 13.2 Å². The molecule has 0 spiro atoms. The molecule has 4 rings (SSSR count). The van der Waals surface area contributed by atoms with E-state index in [2.05, 4.69) is 31.0 Å². The molecule has 0 aliphatic heterocycles. The summed E-state index contributed by atoms with van der Waals surface area (Å²) in [6, 6.07) is 27.2. The number of sulfonamides is 1. The summed E-state index contributed by atoms with van der Waals surface area (Å²) in [7, 11) is -3.90. The first-order chi connectivity index (χ1) is 17.8. The smallest absolute Gasteiger partial charge is 0.255 e. The molecule has 0 unspecified atom stereocenters. The van der Waals surface area contributed by atoms with Crippen molar-refractivity contribution in [2.75, 3.05) is 6.54 Å². The summed E-state index contributed by atoms with van der Waals surface area (Å²) in [5.41, 5.74) is 7.10. The van der Waals surface area contributed by atoms with Crippen LogP contribution in [-0.4, -0.2) is 36.0 Å². The maximum atomic E-state index is 13.3. The standard InChI is InChI=1S/C28H27BrN4O3S/c1-21-16-24(22(2)33(21)26-13-9-12-25(29)17-26)18-30-31-28(34)20-32(19-23-10-5-3-6-11-23)37(35,36)27-14-7-4-8-15-27/h3-18H,19-20H2,1-2H3,(H,31,34)/b30-18+. The number of nitrogens with zero attached hydrogens (tertiary/aromatic N) is 3. The molecule has 7 nitrogen and oxygen atoms in total. The Morgan fingerprint density at radius 1 is 0.973 bits per heavy atom. The number of amides is 1. The van der Waals surface area contributed by atoms with E-state index in [0.29, 0.717) is 0 Å². The number of aromatic nitrogens is 1. The predicted octanol–water partition coefficient (Wildman–Crippen LogP) is 5.20. The lowest BCUT2D eigenvalue weighted by molar-refractivity contribution is -0.121. The number of halogens is 1. The molecule has 9 heteroatoms. The average molecular weight is 580 g/mol. The number of hydrogen-bond acceptors (Lipinski definition) is 4. The largest absolute Gasteiger partial charge is 0.318 e. The van der Waals surface area contributed by atoms with Gasteiger partial charge in [-0.15, -0.1) is 0 Å². The van der Waals surface area contributed by atoms with Crippen LogP contribution < -0.4 is 5.43 Å². The SMILES string of the molecule is Cc1cc(/C=N/NC(=O)CN(Cc2ccccc2)S(=O)(=O)c2ccccc2)c(C)n1-c1cccc(Br)c1. The monoisotopic (exact) mass is 578 g/mol. The fraction of sp³-hybridized carbons (Fsp3) is 0.143. The number of hydrazone groups is 1. The topological polar surface area (TPSA) is 83.8 Å². The number of aryl methyl sites for hydroxylation is 1. The molecule has 4 aromatic rings. The van der Waals surface area contributed by atoms with Crippen molar-refractivity contribution in [2.24, 2.45) is 5.10 Å². The minimum absolute atomic E-state index is 0.0585.